The van der Waals surface area contributed by atoms with Crippen molar-refractivity contribution in [3.8, 4) is 0 Å². The monoisotopic (exact) mass is 292 g/mol. The molecule has 1 saturated carbocycles. The molecule has 0 N–H and O–H groups in total. The molecule has 1 aromatic rings. The van der Waals surface area contributed by atoms with Gasteiger partial charge in [-0.25, -0.2) is 4.68 Å². The fourth-order valence-electron chi connectivity index (χ4n) is 3.65. The Hall–Kier alpha value is -1.01. The average Bonchev–Trinajstić information content (AvgIpc) is 2.97. The first-order valence-corrected chi connectivity index (χ1v) is 8.47. The van der Waals surface area contributed by atoms with Crippen molar-refractivity contribution in [1.29, 1.82) is 0 Å². The lowest BCUT2D eigenvalue weighted by Gasteiger charge is -2.40. The molecule has 0 aromatic carbocycles. The molecule has 2 fully saturated rings. The molecule has 1 aromatic heterocycles. The summed E-state index contributed by atoms with van der Waals surface area (Å²) in [5, 5.41) is 12.1. The van der Waals surface area contributed by atoms with Crippen LogP contribution < -0.4 is 0 Å². The Morgan fingerprint density at radius 2 is 1.76 bits per heavy atom. The van der Waals surface area contributed by atoms with Crippen molar-refractivity contribution in [2.24, 2.45) is 0 Å². The van der Waals surface area contributed by atoms with Gasteiger partial charge in [0.25, 0.3) is 0 Å². The molecule has 6 nitrogen and oxygen atoms in total. The van der Waals surface area contributed by atoms with Crippen molar-refractivity contribution in [2.75, 3.05) is 26.2 Å². The molecule has 2 aliphatic rings. The molecule has 1 aliphatic heterocycles. The Morgan fingerprint density at radius 1 is 1.05 bits per heavy atom. The second-order valence-corrected chi connectivity index (χ2v) is 6.74. The average molecular weight is 292 g/mol. The van der Waals surface area contributed by atoms with Gasteiger partial charge in [0.15, 0.2) is 5.82 Å². The standard InChI is InChI=1S/C15H28N6/c1-13(2)21-15(16-17-18-21)12-19-8-10-20(11-9-19)14-6-4-3-5-7-14/h13-14H,3-12H2,1-2H3. The number of aromatic nitrogens is 4. The summed E-state index contributed by atoms with van der Waals surface area (Å²) in [6.45, 7) is 9.82. The van der Waals surface area contributed by atoms with Gasteiger partial charge in [0, 0.05) is 32.2 Å². The van der Waals surface area contributed by atoms with E-state index in [1.807, 2.05) is 4.68 Å². The van der Waals surface area contributed by atoms with E-state index < -0.39 is 0 Å². The molecule has 6 heteroatoms. The number of tetrazole rings is 1. The van der Waals surface area contributed by atoms with Gasteiger partial charge in [-0.1, -0.05) is 19.3 Å². The highest BCUT2D eigenvalue weighted by Crippen LogP contribution is 2.23. The molecule has 0 radical (unpaired) electrons. The van der Waals surface area contributed by atoms with Crippen LogP contribution in [0.2, 0.25) is 0 Å². The Kier molecular flexibility index (Phi) is 4.85. The van der Waals surface area contributed by atoms with Crippen molar-refractivity contribution in [3.63, 3.8) is 0 Å². The highest BCUT2D eigenvalue weighted by molar-refractivity contribution is 4.86. The molecule has 1 aliphatic carbocycles. The normalized spacial score (nSPS) is 23.0. The number of rotatable bonds is 4. The smallest absolute Gasteiger partial charge is 0.165 e. The van der Waals surface area contributed by atoms with Crippen molar-refractivity contribution >= 4 is 0 Å². The maximum Gasteiger partial charge on any atom is 0.165 e. The van der Waals surface area contributed by atoms with Crippen molar-refractivity contribution in [1.82, 2.24) is 30.0 Å². The first-order valence-electron chi connectivity index (χ1n) is 8.47. The quantitative estimate of drug-likeness (QED) is 0.845. The van der Waals surface area contributed by atoms with Crippen LogP contribution in [0.5, 0.6) is 0 Å². The van der Waals surface area contributed by atoms with Crippen LogP contribution in [-0.2, 0) is 6.54 Å². The van der Waals surface area contributed by atoms with Crippen LogP contribution in [0.1, 0.15) is 57.8 Å². The summed E-state index contributed by atoms with van der Waals surface area (Å²) in [6, 6.07) is 1.18. The van der Waals surface area contributed by atoms with Gasteiger partial charge in [0.2, 0.25) is 0 Å². The predicted octanol–water partition coefficient (Wildman–Crippen LogP) is 1.70. The Morgan fingerprint density at radius 3 is 2.43 bits per heavy atom. The van der Waals surface area contributed by atoms with Crippen LogP contribution in [0.3, 0.4) is 0 Å². The minimum Gasteiger partial charge on any atom is -0.298 e. The van der Waals surface area contributed by atoms with Gasteiger partial charge in [-0.2, -0.15) is 0 Å². The van der Waals surface area contributed by atoms with Crippen molar-refractivity contribution in [2.45, 2.75) is 64.6 Å². The predicted molar refractivity (Wildman–Crippen MR) is 81.9 cm³/mol. The third kappa shape index (κ3) is 3.61. The van der Waals surface area contributed by atoms with Gasteiger partial charge in [0.05, 0.1) is 12.6 Å². The van der Waals surface area contributed by atoms with E-state index in [0.29, 0.717) is 6.04 Å². The third-order valence-corrected chi connectivity index (χ3v) is 4.91. The van der Waals surface area contributed by atoms with E-state index in [0.717, 1.165) is 31.5 Å². The molecular weight excluding hydrogens is 264 g/mol. The summed E-state index contributed by atoms with van der Waals surface area (Å²) in [5.41, 5.74) is 0. The zero-order chi connectivity index (χ0) is 14.7. The first kappa shape index (κ1) is 14.9. The first-order chi connectivity index (χ1) is 10.2. The number of hydrogen-bond acceptors (Lipinski definition) is 5. The topological polar surface area (TPSA) is 50.1 Å². The van der Waals surface area contributed by atoms with Crippen molar-refractivity contribution in [3.05, 3.63) is 5.82 Å². The Labute approximate surface area is 127 Å². The van der Waals surface area contributed by atoms with Crippen LogP contribution >= 0.6 is 0 Å². The molecule has 0 unspecified atom stereocenters. The summed E-state index contributed by atoms with van der Waals surface area (Å²) in [7, 11) is 0. The largest absolute Gasteiger partial charge is 0.298 e. The second-order valence-electron chi connectivity index (χ2n) is 6.74. The lowest BCUT2D eigenvalue weighted by Crippen LogP contribution is -2.50. The van der Waals surface area contributed by atoms with E-state index in [-0.39, 0.29) is 0 Å². The molecule has 0 atom stereocenters. The van der Waals surface area contributed by atoms with Gasteiger partial charge >= 0.3 is 0 Å². The van der Waals surface area contributed by atoms with Crippen molar-refractivity contribution < 1.29 is 0 Å². The highest BCUT2D eigenvalue weighted by Gasteiger charge is 2.25. The molecule has 0 spiro atoms. The fraction of sp³-hybridized carbons (Fsp3) is 0.933. The summed E-state index contributed by atoms with van der Waals surface area (Å²) in [4.78, 5) is 5.20. The van der Waals surface area contributed by atoms with Crippen LogP contribution in [0.15, 0.2) is 0 Å². The van der Waals surface area contributed by atoms with E-state index in [4.69, 9.17) is 0 Å². The van der Waals surface area contributed by atoms with Gasteiger partial charge in [-0.05, 0) is 37.1 Å². The van der Waals surface area contributed by atoms with Gasteiger partial charge in [-0.3, -0.25) is 9.80 Å². The van der Waals surface area contributed by atoms with E-state index >= 15 is 0 Å². The van der Waals surface area contributed by atoms with Crippen LogP contribution in [0.4, 0.5) is 0 Å². The number of hydrogen-bond donors (Lipinski definition) is 0. The van der Waals surface area contributed by atoms with Crippen LogP contribution in [0, 0.1) is 0 Å². The molecule has 0 amide bonds. The van der Waals surface area contributed by atoms with E-state index in [1.165, 1.54) is 45.2 Å². The molecule has 21 heavy (non-hydrogen) atoms. The second kappa shape index (κ2) is 6.83. The zero-order valence-corrected chi connectivity index (χ0v) is 13.4. The summed E-state index contributed by atoms with van der Waals surface area (Å²) < 4.78 is 1.94. The lowest BCUT2D eigenvalue weighted by atomic mass is 9.94. The SMILES string of the molecule is CC(C)n1nnnc1CN1CCN(C2CCCCC2)CC1. The zero-order valence-electron chi connectivity index (χ0n) is 13.4. The fourth-order valence-corrected chi connectivity index (χ4v) is 3.65. The third-order valence-electron chi connectivity index (χ3n) is 4.91. The summed E-state index contributed by atoms with van der Waals surface area (Å²) >= 11 is 0. The van der Waals surface area contributed by atoms with Crippen LogP contribution in [0.25, 0.3) is 0 Å². The highest BCUT2D eigenvalue weighted by atomic mass is 15.6. The van der Waals surface area contributed by atoms with E-state index in [2.05, 4.69) is 39.2 Å². The molecule has 1 saturated heterocycles. The molecule has 2 heterocycles. The van der Waals surface area contributed by atoms with Gasteiger partial charge < -0.3 is 0 Å². The van der Waals surface area contributed by atoms with Crippen LogP contribution in [-0.4, -0.2) is 62.2 Å². The summed E-state index contributed by atoms with van der Waals surface area (Å²) in [6.07, 6.45) is 7.10. The minimum absolute atomic E-state index is 0.332. The molecular formula is C15H28N6. The van der Waals surface area contributed by atoms with Gasteiger partial charge in [0.1, 0.15) is 0 Å². The minimum atomic E-state index is 0.332. The summed E-state index contributed by atoms with van der Waals surface area (Å²) in [5.74, 6) is 0.996. The Bertz CT molecular complexity index is 429. The number of piperazine rings is 1. The number of nitrogens with zero attached hydrogens (tertiary/aromatic N) is 6. The molecule has 118 valence electrons. The molecule has 3 rings (SSSR count). The Balaban J connectivity index is 1.50. The van der Waals surface area contributed by atoms with E-state index in [9.17, 15) is 0 Å². The maximum atomic E-state index is 4.19. The van der Waals surface area contributed by atoms with E-state index in [1.54, 1.807) is 0 Å². The lowest BCUT2D eigenvalue weighted by molar-refractivity contribution is 0.0733. The maximum absolute atomic E-state index is 4.19. The molecule has 0 bridgehead atoms. The van der Waals surface area contributed by atoms with Gasteiger partial charge in [-0.15, -0.1) is 5.10 Å².